The summed E-state index contributed by atoms with van der Waals surface area (Å²) in [6, 6.07) is 18.5. The first-order valence-corrected chi connectivity index (χ1v) is 17.8. The zero-order chi connectivity index (χ0) is 38.9. The average molecular weight is 758 g/mol. The maximum Gasteiger partial charge on any atom is 0.255 e. The molecule has 2 heterocycles. The van der Waals surface area contributed by atoms with Crippen molar-refractivity contribution >= 4 is 17.3 Å². The zero-order valence-corrected chi connectivity index (χ0v) is 32.1. The van der Waals surface area contributed by atoms with Crippen LogP contribution in [-0.2, 0) is 4.84 Å². The van der Waals surface area contributed by atoms with Gasteiger partial charge in [-0.2, -0.15) is 0 Å². The fourth-order valence-corrected chi connectivity index (χ4v) is 6.45. The first kappa shape index (κ1) is 38.5. The Morgan fingerprint density at radius 1 is 0.618 bits per heavy atom. The van der Waals surface area contributed by atoms with Crippen molar-refractivity contribution < 1.29 is 52.3 Å². The third-order valence-corrected chi connectivity index (χ3v) is 9.38. The molecule has 1 amide bonds. The lowest BCUT2D eigenvalue weighted by Crippen LogP contribution is -2.38. The third kappa shape index (κ3) is 8.48. The summed E-state index contributed by atoms with van der Waals surface area (Å²) in [4.78, 5) is 18.7. The normalized spacial score (nSPS) is 15.7. The number of carbonyl (C=O) groups excluding carboxylic acids is 1. The molecule has 0 bridgehead atoms. The van der Waals surface area contributed by atoms with Gasteiger partial charge in [-0.25, -0.2) is 0 Å². The molecule has 0 fully saturated rings. The molecule has 0 saturated carbocycles. The number of benzene rings is 4. The van der Waals surface area contributed by atoms with Gasteiger partial charge < -0.3 is 58.1 Å². The molecular formula is C41H47N3O11. The van der Waals surface area contributed by atoms with E-state index in [1.54, 1.807) is 55.8 Å². The number of unbranched alkanes of at least 4 members (excludes halogenated alkanes) is 2. The van der Waals surface area contributed by atoms with Crippen LogP contribution in [0, 0.1) is 0 Å². The number of rotatable bonds is 18. The van der Waals surface area contributed by atoms with Crippen LogP contribution in [0.25, 0.3) is 0 Å². The maximum atomic E-state index is 12.8. The summed E-state index contributed by atoms with van der Waals surface area (Å²) in [5, 5.41) is 10.7. The quantitative estimate of drug-likeness (QED) is 0.1000. The molecule has 2 N–H and O–H groups in total. The number of nitrogens with one attached hydrogen (secondary N) is 2. The van der Waals surface area contributed by atoms with E-state index in [4.69, 9.17) is 47.5 Å². The van der Waals surface area contributed by atoms with Gasteiger partial charge in [-0.15, -0.1) is 0 Å². The Hall–Kier alpha value is -6.18. The predicted molar refractivity (Wildman–Crippen MR) is 205 cm³/mol. The van der Waals surface area contributed by atoms with E-state index in [2.05, 4.69) is 15.8 Å². The second-order valence-corrected chi connectivity index (χ2v) is 12.6. The molecule has 2 aliphatic rings. The van der Waals surface area contributed by atoms with Gasteiger partial charge in [0, 0.05) is 23.2 Å². The fraction of sp³-hybridized carbons (Fsp3) is 0.366. The summed E-state index contributed by atoms with van der Waals surface area (Å²) >= 11 is 0. The minimum absolute atomic E-state index is 0.188. The van der Waals surface area contributed by atoms with Gasteiger partial charge in [0.1, 0.15) is 11.9 Å². The third-order valence-electron chi connectivity index (χ3n) is 9.38. The molecule has 55 heavy (non-hydrogen) atoms. The van der Waals surface area contributed by atoms with E-state index in [0.717, 1.165) is 47.4 Å². The fourth-order valence-electron chi connectivity index (χ4n) is 6.45. The molecular weight excluding hydrogens is 710 g/mol. The van der Waals surface area contributed by atoms with Crippen LogP contribution < -0.4 is 53.3 Å². The second kappa shape index (κ2) is 17.8. The first-order valence-electron chi connectivity index (χ1n) is 17.8. The molecule has 4 aromatic rings. The Labute approximate surface area is 320 Å². The minimum Gasteiger partial charge on any atom is -0.497 e. The summed E-state index contributed by atoms with van der Waals surface area (Å²) in [5.41, 5.74) is 4.46. The van der Waals surface area contributed by atoms with E-state index in [-0.39, 0.29) is 12.0 Å². The highest BCUT2D eigenvalue weighted by Gasteiger charge is 2.29. The number of methoxy groups -OCH3 is 7. The highest BCUT2D eigenvalue weighted by atomic mass is 16.6. The number of hydrogen-bond donors (Lipinski definition) is 2. The van der Waals surface area contributed by atoms with Crippen LogP contribution in [0.3, 0.4) is 0 Å². The molecule has 0 saturated heterocycles. The summed E-state index contributed by atoms with van der Waals surface area (Å²) in [5.74, 6) is 4.79. The van der Waals surface area contributed by atoms with Crippen LogP contribution in [-0.4, -0.2) is 74.6 Å². The van der Waals surface area contributed by atoms with Crippen molar-refractivity contribution in [3.05, 3.63) is 82.9 Å². The molecule has 292 valence electrons. The number of oxime groups is 1. The van der Waals surface area contributed by atoms with Gasteiger partial charge in [0.2, 0.25) is 11.5 Å². The summed E-state index contributed by atoms with van der Waals surface area (Å²) < 4.78 is 51.1. The highest BCUT2D eigenvalue weighted by molar-refractivity contribution is 6.03. The Morgan fingerprint density at radius 3 is 1.89 bits per heavy atom. The second-order valence-electron chi connectivity index (χ2n) is 12.6. The monoisotopic (exact) mass is 757 g/mol. The summed E-state index contributed by atoms with van der Waals surface area (Å²) in [6.07, 6.45) is 2.16. The van der Waals surface area contributed by atoms with Gasteiger partial charge >= 0.3 is 0 Å². The van der Waals surface area contributed by atoms with Crippen molar-refractivity contribution in [1.29, 1.82) is 0 Å². The Morgan fingerprint density at radius 2 is 1.25 bits per heavy atom. The van der Waals surface area contributed by atoms with Crippen LogP contribution in [0.15, 0.2) is 65.8 Å². The molecule has 0 spiro atoms. The van der Waals surface area contributed by atoms with E-state index in [1.807, 2.05) is 54.6 Å². The standard InChI is InChI=1S/C41H47N3O11/c1-46-27-12-13-29-28(22-27)41(45)43-40(42-29)24-11-14-31(33(17-24)47-2)53-15-9-8-10-16-54-39-36(50-5)20-26(21-37(39)51-6)32-23-30(44-55-32)25-18-34(48-3)38(52-7)35(19-25)49-4/h11-14,17-22,32,40,42H,8-10,15-16,23H2,1-7H3,(H,43,45). The first-order chi connectivity index (χ1) is 26.8. The van der Waals surface area contributed by atoms with Crippen molar-refractivity contribution in [2.24, 2.45) is 5.16 Å². The lowest BCUT2D eigenvalue weighted by molar-refractivity contribution is 0.0852. The van der Waals surface area contributed by atoms with Crippen LogP contribution in [0.4, 0.5) is 5.69 Å². The average Bonchev–Trinajstić information content (AvgIpc) is 3.73. The molecule has 0 aliphatic carbocycles. The number of hydrogen-bond acceptors (Lipinski definition) is 13. The molecule has 6 rings (SSSR count). The van der Waals surface area contributed by atoms with Crippen molar-refractivity contribution in [2.75, 3.05) is 68.3 Å². The van der Waals surface area contributed by atoms with Crippen LogP contribution in [0.5, 0.6) is 51.7 Å². The molecule has 2 aliphatic heterocycles. The van der Waals surface area contributed by atoms with E-state index in [1.165, 1.54) is 0 Å². The largest absolute Gasteiger partial charge is 0.497 e. The lowest BCUT2D eigenvalue weighted by Gasteiger charge is -2.28. The topological polar surface area (TPSA) is 146 Å². The van der Waals surface area contributed by atoms with Crippen molar-refractivity contribution in [3.63, 3.8) is 0 Å². The summed E-state index contributed by atoms with van der Waals surface area (Å²) in [6.45, 7) is 0.945. The van der Waals surface area contributed by atoms with Gasteiger partial charge in [0.05, 0.1) is 74.3 Å². The lowest BCUT2D eigenvalue weighted by atomic mass is 9.99. The van der Waals surface area contributed by atoms with Gasteiger partial charge in [-0.05, 0) is 79.4 Å². The highest BCUT2D eigenvalue weighted by Crippen LogP contribution is 2.44. The van der Waals surface area contributed by atoms with Crippen molar-refractivity contribution in [3.8, 4) is 51.7 Å². The molecule has 2 unspecified atom stereocenters. The predicted octanol–water partition coefficient (Wildman–Crippen LogP) is 7.09. The van der Waals surface area contributed by atoms with Gasteiger partial charge in [0.15, 0.2) is 40.6 Å². The Balaban J connectivity index is 0.992. The number of anilines is 1. The summed E-state index contributed by atoms with van der Waals surface area (Å²) in [7, 11) is 11.1. The van der Waals surface area contributed by atoms with E-state index < -0.39 is 6.17 Å². The number of carbonyl (C=O) groups is 1. The number of nitrogens with zero attached hydrogens (tertiary/aromatic N) is 1. The van der Waals surface area contributed by atoms with Crippen LogP contribution >= 0.6 is 0 Å². The molecule has 14 heteroatoms. The molecule has 14 nitrogen and oxygen atoms in total. The van der Waals surface area contributed by atoms with Gasteiger partial charge in [-0.1, -0.05) is 11.2 Å². The number of ether oxygens (including phenoxy) is 9. The molecule has 2 atom stereocenters. The molecule has 0 aromatic heterocycles. The van der Waals surface area contributed by atoms with Crippen molar-refractivity contribution in [2.45, 2.75) is 38.0 Å². The van der Waals surface area contributed by atoms with Crippen molar-refractivity contribution in [1.82, 2.24) is 5.32 Å². The Bertz CT molecular complexity index is 1970. The Kier molecular flexibility index (Phi) is 12.4. The van der Waals surface area contributed by atoms with Crippen LogP contribution in [0.1, 0.15) is 65.0 Å². The van der Waals surface area contributed by atoms with Gasteiger partial charge in [0.25, 0.3) is 5.91 Å². The smallest absolute Gasteiger partial charge is 0.255 e. The van der Waals surface area contributed by atoms with E-state index in [9.17, 15) is 4.79 Å². The SMILES string of the molecule is COc1ccc2c(c1)C(=O)NC(c1ccc(OCCCCCOc3c(OC)cc(C4CC(c5cc(OC)c(OC)c(OC)c5)=NO4)cc3OC)c(OC)c1)N2. The van der Waals surface area contributed by atoms with E-state index >= 15 is 0 Å². The van der Waals surface area contributed by atoms with Gasteiger partial charge in [-0.3, -0.25) is 4.79 Å². The number of amides is 1. The maximum absolute atomic E-state index is 12.8. The minimum atomic E-state index is -0.428. The van der Waals surface area contributed by atoms with Crippen LogP contribution in [0.2, 0.25) is 0 Å². The van der Waals surface area contributed by atoms with E-state index in [0.29, 0.717) is 76.9 Å². The molecule has 4 aromatic carbocycles. The number of fused-ring (bicyclic) bond motifs is 1. The zero-order valence-electron chi connectivity index (χ0n) is 32.1. The molecule has 0 radical (unpaired) electrons.